The first-order valence-electron chi connectivity index (χ1n) is 7.46. The molecule has 5 heteroatoms. The van der Waals surface area contributed by atoms with Crippen LogP contribution in [0.5, 0.6) is 0 Å². The fourth-order valence-electron chi connectivity index (χ4n) is 2.61. The summed E-state index contributed by atoms with van der Waals surface area (Å²) in [4.78, 5) is 16.5. The van der Waals surface area contributed by atoms with Gasteiger partial charge in [0.05, 0.1) is 6.04 Å². The fourth-order valence-corrected chi connectivity index (χ4v) is 3.10. The third-order valence-corrected chi connectivity index (χ3v) is 4.55. The van der Waals surface area contributed by atoms with Gasteiger partial charge in [-0.2, -0.15) is 11.8 Å². The monoisotopic (exact) mass is 307 g/mol. The van der Waals surface area contributed by atoms with Gasteiger partial charge in [-0.25, -0.2) is 0 Å². The molecule has 1 aromatic carbocycles. The number of anilines is 1. The molecule has 0 aliphatic carbocycles. The molecule has 1 atom stereocenters. The first-order valence-corrected chi connectivity index (χ1v) is 8.86. The van der Waals surface area contributed by atoms with Crippen molar-refractivity contribution in [2.45, 2.75) is 19.4 Å². The molecule has 0 aromatic heterocycles. The van der Waals surface area contributed by atoms with Crippen LogP contribution in [0, 0.1) is 6.92 Å². The van der Waals surface area contributed by atoms with Crippen molar-refractivity contribution in [2.24, 2.45) is 5.73 Å². The molecule has 1 aromatic rings. The maximum Gasteiger partial charge on any atom is 0.239 e. The fraction of sp³-hybridized carbons (Fsp3) is 0.562. The summed E-state index contributed by atoms with van der Waals surface area (Å²) in [7, 11) is 0. The van der Waals surface area contributed by atoms with Crippen LogP contribution in [0.25, 0.3) is 0 Å². The van der Waals surface area contributed by atoms with Gasteiger partial charge < -0.3 is 15.5 Å². The lowest BCUT2D eigenvalue weighted by molar-refractivity contribution is -0.132. The van der Waals surface area contributed by atoms with Gasteiger partial charge in [0.2, 0.25) is 5.91 Å². The molecule has 21 heavy (non-hydrogen) atoms. The first-order chi connectivity index (χ1) is 10.1. The third-order valence-electron chi connectivity index (χ3n) is 3.91. The first kappa shape index (κ1) is 16.2. The number of benzene rings is 1. The molecule has 116 valence electrons. The molecule has 1 fully saturated rings. The lowest BCUT2D eigenvalue weighted by atomic mass is 10.1. The smallest absolute Gasteiger partial charge is 0.239 e. The van der Waals surface area contributed by atoms with Crippen molar-refractivity contribution >= 4 is 23.4 Å². The van der Waals surface area contributed by atoms with Crippen LogP contribution in [0.4, 0.5) is 5.69 Å². The average molecular weight is 307 g/mol. The van der Waals surface area contributed by atoms with Crippen LogP contribution in [0.1, 0.15) is 12.0 Å². The van der Waals surface area contributed by atoms with Crippen molar-refractivity contribution in [3.63, 3.8) is 0 Å². The Kier molecular flexibility index (Phi) is 5.94. The van der Waals surface area contributed by atoms with Crippen molar-refractivity contribution < 1.29 is 4.79 Å². The largest absolute Gasteiger partial charge is 0.368 e. The van der Waals surface area contributed by atoms with Crippen LogP contribution in [0.15, 0.2) is 24.3 Å². The van der Waals surface area contributed by atoms with E-state index in [-0.39, 0.29) is 11.9 Å². The number of rotatable bonds is 5. The van der Waals surface area contributed by atoms with E-state index in [4.69, 9.17) is 5.73 Å². The number of aryl methyl sites for hydroxylation is 1. The minimum absolute atomic E-state index is 0.105. The molecule has 1 amide bonds. The molecule has 0 bridgehead atoms. The quantitative estimate of drug-likeness (QED) is 0.900. The van der Waals surface area contributed by atoms with E-state index in [9.17, 15) is 4.79 Å². The summed E-state index contributed by atoms with van der Waals surface area (Å²) in [6, 6.07) is 8.17. The van der Waals surface area contributed by atoms with E-state index >= 15 is 0 Å². The number of amides is 1. The van der Waals surface area contributed by atoms with E-state index in [0.717, 1.165) is 38.4 Å². The maximum absolute atomic E-state index is 12.3. The summed E-state index contributed by atoms with van der Waals surface area (Å²) in [5, 5.41) is 0. The SMILES string of the molecule is CSCCC(N)C(=O)N1CCN(c2cccc(C)c2)CC1. The lowest BCUT2D eigenvalue weighted by Crippen LogP contribution is -2.53. The molecular weight excluding hydrogens is 282 g/mol. The Morgan fingerprint density at radius 2 is 2.05 bits per heavy atom. The summed E-state index contributed by atoms with van der Waals surface area (Å²) in [5.74, 6) is 1.05. The molecule has 2 N–H and O–H groups in total. The Morgan fingerprint density at radius 1 is 1.33 bits per heavy atom. The summed E-state index contributed by atoms with van der Waals surface area (Å²) in [6.07, 6.45) is 2.80. The second-order valence-corrected chi connectivity index (χ2v) is 6.52. The Morgan fingerprint density at radius 3 is 2.67 bits per heavy atom. The molecule has 1 saturated heterocycles. The van der Waals surface area contributed by atoms with Gasteiger partial charge in [0.15, 0.2) is 0 Å². The van der Waals surface area contributed by atoms with Crippen molar-refractivity contribution in [3.8, 4) is 0 Å². The van der Waals surface area contributed by atoms with Crippen LogP contribution >= 0.6 is 11.8 Å². The number of nitrogens with two attached hydrogens (primary N) is 1. The van der Waals surface area contributed by atoms with E-state index < -0.39 is 0 Å². The minimum atomic E-state index is -0.344. The Balaban J connectivity index is 1.87. The Labute approximate surface area is 131 Å². The van der Waals surface area contributed by atoms with Crippen LogP contribution < -0.4 is 10.6 Å². The van der Waals surface area contributed by atoms with E-state index in [0.29, 0.717) is 0 Å². The molecule has 1 aliphatic heterocycles. The van der Waals surface area contributed by atoms with Gasteiger partial charge in [-0.05, 0) is 43.0 Å². The van der Waals surface area contributed by atoms with Crippen molar-refractivity contribution in [2.75, 3.05) is 43.1 Å². The van der Waals surface area contributed by atoms with Crippen LogP contribution in [-0.4, -0.2) is 55.0 Å². The Hall–Kier alpha value is -1.20. The minimum Gasteiger partial charge on any atom is -0.368 e. The summed E-state index contributed by atoms with van der Waals surface area (Å²) in [6.45, 7) is 5.39. The highest BCUT2D eigenvalue weighted by Gasteiger charge is 2.25. The van der Waals surface area contributed by atoms with E-state index in [2.05, 4.69) is 36.1 Å². The average Bonchev–Trinajstić information content (AvgIpc) is 2.52. The highest BCUT2D eigenvalue weighted by molar-refractivity contribution is 7.98. The summed E-state index contributed by atoms with van der Waals surface area (Å²) >= 11 is 1.73. The van der Waals surface area contributed by atoms with Gasteiger partial charge in [0.25, 0.3) is 0 Å². The lowest BCUT2D eigenvalue weighted by Gasteiger charge is -2.37. The topological polar surface area (TPSA) is 49.6 Å². The highest BCUT2D eigenvalue weighted by atomic mass is 32.2. The second kappa shape index (κ2) is 7.71. The van der Waals surface area contributed by atoms with Crippen LogP contribution in [-0.2, 0) is 4.79 Å². The number of hydrogen-bond donors (Lipinski definition) is 1. The molecule has 1 aliphatic rings. The van der Waals surface area contributed by atoms with Gasteiger partial charge >= 0.3 is 0 Å². The predicted octanol–water partition coefficient (Wildman–Crippen LogP) is 1.72. The maximum atomic E-state index is 12.3. The standard InChI is InChI=1S/C16H25N3OS/c1-13-4-3-5-14(12-13)18-7-9-19(10-8-18)16(20)15(17)6-11-21-2/h3-5,12,15H,6-11,17H2,1-2H3. The van der Waals surface area contributed by atoms with Crippen molar-refractivity contribution in [1.82, 2.24) is 4.90 Å². The molecule has 1 heterocycles. The molecule has 2 rings (SSSR count). The van der Waals surface area contributed by atoms with E-state index in [1.165, 1.54) is 11.3 Å². The van der Waals surface area contributed by atoms with E-state index in [1.54, 1.807) is 11.8 Å². The van der Waals surface area contributed by atoms with Crippen molar-refractivity contribution in [1.29, 1.82) is 0 Å². The number of piperazine rings is 1. The zero-order valence-corrected chi connectivity index (χ0v) is 13.7. The predicted molar refractivity (Wildman–Crippen MR) is 90.9 cm³/mol. The van der Waals surface area contributed by atoms with Crippen LogP contribution in [0.2, 0.25) is 0 Å². The molecular formula is C16H25N3OS. The summed E-state index contributed by atoms with van der Waals surface area (Å²) in [5.41, 5.74) is 8.49. The van der Waals surface area contributed by atoms with Gasteiger partial charge in [-0.3, -0.25) is 4.79 Å². The van der Waals surface area contributed by atoms with Gasteiger partial charge in [-0.15, -0.1) is 0 Å². The number of carbonyl (C=O) groups excluding carboxylic acids is 1. The number of nitrogens with zero attached hydrogens (tertiary/aromatic N) is 2. The zero-order chi connectivity index (χ0) is 15.2. The van der Waals surface area contributed by atoms with Gasteiger partial charge in [0, 0.05) is 31.9 Å². The Bertz CT molecular complexity index is 472. The molecule has 1 unspecified atom stereocenters. The second-order valence-electron chi connectivity index (χ2n) is 5.54. The van der Waals surface area contributed by atoms with Gasteiger partial charge in [0.1, 0.15) is 0 Å². The van der Waals surface area contributed by atoms with Crippen molar-refractivity contribution in [3.05, 3.63) is 29.8 Å². The van der Waals surface area contributed by atoms with E-state index in [1.807, 2.05) is 11.2 Å². The number of thioether (sulfide) groups is 1. The molecule has 4 nitrogen and oxygen atoms in total. The molecule has 0 saturated carbocycles. The zero-order valence-electron chi connectivity index (χ0n) is 12.9. The number of hydrogen-bond acceptors (Lipinski definition) is 4. The molecule has 0 spiro atoms. The third kappa shape index (κ3) is 4.38. The van der Waals surface area contributed by atoms with Crippen LogP contribution in [0.3, 0.4) is 0 Å². The highest BCUT2D eigenvalue weighted by Crippen LogP contribution is 2.18. The molecule has 0 radical (unpaired) electrons. The summed E-state index contributed by atoms with van der Waals surface area (Å²) < 4.78 is 0. The van der Waals surface area contributed by atoms with Gasteiger partial charge in [-0.1, -0.05) is 12.1 Å². The normalized spacial score (nSPS) is 16.9. The number of carbonyl (C=O) groups is 1.